The third-order valence-electron chi connectivity index (χ3n) is 4.64. The Morgan fingerprint density at radius 3 is 2.09 bits per heavy atom. The Morgan fingerprint density at radius 2 is 1.51 bits per heavy atom. The second kappa shape index (κ2) is 14.8. The average Bonchev–Trinajstić information content (AvgIpc) is 2.78. The summed E-state index contributed by atoms with van der Waals surface area (Å²) in [7, 11) is 0. The van der Waals surface area contributed by atoms with Gasteiger partial charge in [0.15, 0.2) is 5.96 Å². The number of rotatable bonds is 15. The lowest BCUT2D eigenvalue weighted by molar-refractivity contribution is -0.139. The number of benzene rings is 1. The zero-order valence-electron chi connectivity index (χ0n) is 19.0. The highest BCUT2D eigenvalue weighted by Crippen LogP contribution is 2.06. The van der Waals surface area contributed by atoms with Crippen LogP contribution in [0.1, 0.15) is 24.8 Å². The van der Waals surface area contributed by atoms with Crippen LogP contribution in [0.5, 0.6) is 0 Å². The van der Waals surface area contributed by atoms with Crippen molar-refractivity contribution >= 4 is 35.6 Å². The minimum absolute atomic E-state index is 0.0446. The molecule has 0 spiro atoms. The number of carbonyl (C=O) groups is 5. The van der Waals surface area contributed by atoms with E-state index < -0.39 is 60.8 Å². The smallest absolute Gasteiger partial charge is 0.322 e. The summed E-state index contributed by atoms with van der Waals surface area (Å²) in [6, 6.07) is 4.94. The van der Waals surface area contributed by atoms with Crippen molar-refractivity contribution in [2.45, 2.75) is 43.8 Å². The van der Waals surface area contributed by atoms with Crippen molar-refractivity contribution in [2.24, 2.45) is 22.2 Å². The Morgan fingerprint density at radius 1 is 0.886 bits per heavy atom. The van der Waals surface area contributed by atoms with Crippen molar-refractivity contribution < 1.29 is 34.2 Å². The van der Waals surface area contributed by atoms with Crippen molar-refractivity contribution in [3.8, 4) is 0 Å². The Labute approximate surface area is 201 Å². The predicted molar refractivity (Wildman–Crippen MR) is 125 cm³/mol. The molecule has 1 aromatic carbocycles. The van der Waals surface area contributed by atoms with Gasteiger partial charge in [0.05, 0.1) is 12.5 Å². The predicted octanol–water partition coefficient (Wildman–Crippen LogP) is -2.74. The minimum Gasteiger partial charge on any atom is -0.481 e. The van der Waals surface area contributed by atoms with Crippen LogP contribution >= 0.6 is 0 Å². The molecule has 1 rings (SSSR count). The van der Waals surface area contributed by atoms with Gasteiger partial charge in [0.2, 0.25) is 17.7 Å². The van der Waals surface area contributed by atoms with E-state index >= 15 is 0 Å². The van der Waals surface area contributed by atoms with Crippen molar-refractivity contribution in [3.05, 3.63) is 35.9 Å². The second-order valence-corrected chi connectivity index (χ2v) is 7.58. The summed E-state index contributed by atoms with van der Waals surface area (Å²) in [5, 5.41) is 24.8. The first-order valence-corrected chi connectivity index (χ1v) is 10.7. The maximum atomic E-state index is 13.0. The number of nitrogens with two attached hydrogens (primary N) is 3. The van der Waals surface area contributed by atoms with Crippen LogP contribution in [0.2, 0.25) is 0 Å². The number of aliphatic carboxylic acids is 2. The van der Waals surface area contributed by atoms with Gasteiger partial charge in [-0.15, -0.1) is 0 Å². The van der Waals surface area contributed by atoms with Gasteiger partial charge >= 0.3 is 11.9 Å². The van der Waals surface area contributed by atoms with Gasteiger partial charge in [-0.25, -0.2) is 0 Å². The van der Waals surface area contributed by atoms with E-state index in [0.29, 0.717) is 5.56 Å². The number of hydrogen-bond donors (Lipinski definition) is 8. The molecule has 35 heavy (non-hydrogen) atoms. The molecule has 1 aromatic rings. The standard InChI is InChI=1S/C21H31N7O7/c22-13(10-16(29)30)18(33)27-14(7-4-8-25-21(23)24)20(35)28-15(19(34)26-11-17(31)32)9-12-5-2-1-3-6-12/h1-3,5-6,13-15H,4,7-11,22H2,(H,26,34)(H,27,33)(H,28,35)(H,29,30)(H,31,32)(H4,23,24,25)/t13-,14+,15-/m0/s1. The topological polar surface area (TPSA) is 252 Å². The molecule has 3 amide bonds. The van der Waals surface area contributed by atoms with Gasteiger partial charge in [-0.3, -0.25) is 29.0 Å². The van der Waals surface area contributed by atoms with Gasteiger partial charge in [-0.05, 0) is 18.4 Å². The van der Waals surface area contributed by atoms with E-state index in [0.717, 1.165) is 0 Å². The zero-order valence-corrected chi connectivity index (χ0v) is 19.0. The Hall–Kier alpha value is -4.20. The summed E-state index contributed by atoms with van der Waals surface area (Å²) < 4.78 is 0. The van der Waals surface area contributed by atoms with Crippen molar-refractivity contribution in [3.63, 3.8) is 0 Å². The Bertz CT molecular complexity index is 920. The summed E-state index contributed by atoms with van der Waals surface area (Å²) >= 11 is 0. The SMILES string of the molecule is NC(N)=NCCC[C@@H](NC(=O)[C@@H](N)CC(=O)O)C(=O)N[C@@H](Cc1ccccc1)C(=O)NCC(=O)O. The average molecular weight is 494 g/mol. The van der Waals surface area contributed by atoms with Gasteiger partial charge in [-0.2, -0.15) is 0 Å². The van der Waals surface area contributed by atoms with Crippen molar-refractivity contribution in [1.82, 2.24) is 16.0 Å². The quantitative estimate of drug-likeness (QED) is 0.0710. The molecule has 14 nitrogen and oxygen atoms in total. The van der Waals surface area contributed by atoms with E-state index in [4.69, 9.17) is 27.4 Å². The van der Waals surface area contributed by atoms with Gasteiger partial charge in [0, 0.05) is 13.0 Å². The van der Waals surface area contributed by atoms with Crippen LogP contribution in [0.4, 0.5) is 0 Å². The first-order chi connectivity index (χ1) is 16.5. The molecule has 0 aliphatic heterocycles. The molecule has 0 aliphatic rings. The third kappa shape index (κ3) is 12.0. The highest BCUT2D eigenvalue weighted by Gasteiger charge is 2.28. The molecule has 0 aliphatic carbocycles. The lowest BCUT2D eigenvalue weighted by atomic mass is 10.0. The monoisotopic (exact) mass is 493 g/mol. The number of carbonyl (C=O) groups excluding carboxylic acids is 3. The Kier molecular flexibility index (Phi) is 12.2. The fourth-order valence-corrected chi connectivity index (χ4v) is 2.95. The second-order valence-electron chi connectivity index (χ2n) is 7.58. The van der Waals surface area contributed by atoms with Crippen LogP contribution in [0.3, 0.4) is 0 Å². The molecule has 0 radical (unpaired) electrons. The molecule has 0 bridgehead atoms. The summed E-state index contributed by atoms with van der Waals surface area (Å²) in [4.78, 5) is 63.4. The number of aliphatic imine (C=N–C) groups is 1. The fraction of sp³-hybridized carbons (Fsp3) is 0.429. The molecule has 0 fully saturated rings. The number of nitrogens with zero attached hydrogens (tertiary/aromatic N) is 1. The van der Waals surface area contributed by atoms with E-state index in [9.17, 15) is 24.0 Å². The van der Waals surface area contributed by atoms with Crippen LogP contribution in [0, 0.1) is 0 Å². The van der Waals surface area contributed by atoms with Crippen LogP contribution in [-0.4, -0.2) is 77.0 Å². The number of carboxylic acids is 2. The molecule has 0 aromatic heterocycles. The van der Waals surface area contributed by atoms with Crippen LogP contribution in [-0.2, 0) is 30.4 Å². The van der Waals surface area contributed by atoms with Crippen LogP contribution in [0.15, 0.2) is 35.3 Å². The molecule has 0 unspecified atom stereocenters. The van der Waals surface area contributed by atoms with Gasteiger partial charge in [0.1, 0.15) is 18.6 Å². The molecule has 0 heterocycles. The maximum Gasteiger partial charge on any atom is 0.322 e. The number of nitrogens with one attached hydrogen (secondary N) is 3. The molecule has 14 heteroatoms. The highest BCUT2D eigenvalue weighted by atomic mass is 16.4. The number of hydrogen-bond acceptors (Lipinski definition) is 7. The van der Waals surface area contributed by atoms with E-state index in [1.807, 2.05) is 0 Å². The van der Waals surface area contributed by atoms with Crippen LogP contribution < -0.4 is 33.2 Å². The van der Waals surface area contributed by atoms with Gasteiger partial charge < -0.3 is 43.4 Å². The molecule has 0 saturated heterocycles. The first kappa shape index (κ1) is 28.8. The molecule has 0 saturated carbocycles. The van der Waals surface area contributed by atoms with Gasteiger partial charge in [0.25, 0.3) is 0 Å². The fourth-order valence-electron chi connectivity index (χ4n) is 2.95. The first-order valence-electron chi connectivity index (χ1n) is 10.7. The van der Waals surface area contributed by atoms with E-state index in [1.165, 1.54) is 0 Å². The molecular formula is C21H31N7O7. The lowest BCUT2D eigenvalue weighted by Gasteiger charge is -2.24. The maximum absolute atomic E-state index is 13.0. The summed E-state index contributed by atoms with van der Waals surface area (Å²) in [5.74, 6) is -5.07. The van der Waals surface area contributed by atoms with Crippen molar-refractivity contribution in [2.75, 3.05) is 13.1 Å². The number of amides is 3. The van der Waals surface area contributed by atoms with Crippen LogP contribution in [0.25, 0.3) is 0 Å². The largest absolute Gasteiger partial charge is 0.481 e. The molecule has 11 N–H and O–H groups in total. The van der Waals surface area contributed by atoms with E-state index in [1.54, 1.807) is 30.3 Å². The van der Waals surface area contributed by atoms with Gasteiger partial charge in [-0.1, -0.05) is 30.3 Å². The van der Waals surface area contributed by atoms with E-state index in [-0.39, 0.29) is 31.8 Å². The summed E-state index contributed by atoms with van der Waals surface area (Å²) in [6.45, 7) is -0.502. The molecule has 3 atom stereocenters. The van der Waals surface area contributed by atoms with Crippen molar-refractivity contribution in [1.29, 1.82) is 0 Å². The molecule has 192 valence electrons. The summed E-state index contributed by atoms with van der Waals surface area (Å²) in [5.41, 5.74) is 16.8. The normalized spacial score (nSPS) is 12.9. The molecular weight excluding hydrogens is 462 g/mol. The zero-order chi connectivity index (χ0) is 26.4. The third-order valence-corrected chi connectivity index (χ3v) is 4.64. The van der Waals surface area contributed by atoms with E-state index in [2.05, 4.69) is 20.9 Å². The minimum atomic E-state index is -1.40. The highest BCUT2D eigenvalue weighted by molar-refractivity contribution is 5.94. The summed E-state index contributed by atoms with van der Waals surface area (Å²) in [6.07, 6.45) is -0.296. The number of carboxylic acid groups (broad SMARTS) is 2. The Balaban J connectivity index is 3.02. The lowest BCUT2D eigenvalue weighted by Crippen LogP contribution is -2.56. The number of guanidine groups is 1.